The lowest BCUT2D eigenvalue weighted by atomic mass is 9.97. The Labute approximate surface area is 134 Å². The summed E-state index contributed by atoms with van der Waals surface area (Å²) >= 11 is 0. The number of fused-ring (bicyclic) bond motifs is 1. The van der Waals surface area contributed by atoms with Crippen LogP contribution >= 0.6 is 0 Å². The summed E-state index contributed by atoms with van der Waals surface area (Å²) in [6.07, 6.45) is 3.67. The van der Waals surface area contributed by atoms with Crippen LogP contribution in [-0.4, -0.2) is 30.6 Å². The maximum atomic E-state index is 12.1. The van der Waals surface area contributed by atoms with E-state index >= 15 is 0 Å². The van der Waals surface area contributed by atoms with Crippen molar-refractivity contribution < 1.29 is 14.3 Å². The Hall–Kier alpha value is -2.63. The number of benzene rings is 1. The molecule has 2 heterocycles. The van der Waals surface area contributed by atoms with Crippen LogP contribution < -0.4 is 15.0 Å². The molecule has 1 aliphatic heterocycles. The van der Waals surface area contributed by atoms with E-state index in [1.54, 1.807) is 24.4 Å². The van der Waals surface area contributed by atoms with E-state index in [1.807, 2.05) is 12.1 Å². The van der Waals surface area contributed by atoms with Gasteiger partial charge in [-0.3, -0.25) is 20.0 Å². The van der Waals surface area contributed by atoms with E-state index in [0.717, 1.165) is 22.1 Å². The first kappa shape index (κ1) is 15.3. The number of nitrogens with one attached hydrogen (secondary N) is 1. The van der Waals surface area contributed by atoms with Gasteiger partial charge in [0.1, 0.15) is 5.75 Å². The molecule has 0 aliphatic carbocycles. The molecule has 3 rings (SSSR count). The molecule has 1 saturated heterocycles. The number of hydrogen-bond acceptors (Lipinski definition) is 4. The summed E-state index contributed by atoms with van der Waals surface area (Å²) in [5.41, 5.74) is 1.78. The Morgan fingerprint density at radius 3 is 2.65 bits per heavy atom. The zero-order valence-corrected chi connectivity index (χ0v) is 13.4. The van der Waals surface area contributed by atoms with E-state index in [0.29, 0.717) is 18.2 Å². The summed E-state index contributed by atoms with van der Waals surface area (Å²) in [6.45, 7) is 4.55. The van der Waals surface area contributed by atoms with Gasteiger partial charge < -0.3 is 4.74 Å². The second kappa shape index (κ2) is 5.87. The molecular weight excluding hydrogens is 294 g/mol. The Morgan fingerprint density at radius 1 is 1.22 bits per heavy atom. The van der Waals surface area contributed by atoms with E-state index < -0.39 is 6.03 Å². The molecule has 2 aromatic rings. The van der Waals surface area contributed by atoms with Crippen LogP contribution in [0.1, 0.15) is 31.7 Å². The molecule has 6 heteroatoms. The van der Waals surface area contributed by atoms with E-state index in [2.05, 4.69) is 24.1 Å². The van der Waals surface area contributed by atoms with Crippen molar-refractivity contribution in [1.82, 2.24) is 10.3 Å². The standard InChI is InChI=1S/C17H19N3O3/c1-10(2)11-4-5-12-13(16(11)23-3)8-18-9-14(12)20-7-6-15(21)19-17(20)22/h4-5,8-10H,6-7H2,1-3H3,(H,19,21,22). The Kier molecular flexibility index (Phi) is 3.90. The van der Waals surface area contributed by atoms with E-state index in [1.165, 1.54) is 0 Å². The van der Waals surface area contributed by atoms with Crippen molar-refractivity contribution in [2.24, 2.45) is 0 Å². The highest BCUT2D eigenvalue weighted by Crippen LogP contribution is 2.37. The van der Waals surface area contributed by atoms with Crippen LogP contribution in [0.2, 0.25) is 0 Å². The highest BCUT2D eigenvalue weighted by atomic mass is 16.5. The lowest BCUT2D eigenvalue weighted by Crippen LogP contribution is -2.49. The number of nitrogens with zero attached hydrogens (tertiary/aromatic N) is 2. The third kappa shape index (κ3) is 2.60. The number of methoxy groups -OCH3 is 1. The van der Waals surface area contributed by atoms with Gasteiger partial charge in [0.15, 0.2) is 0 Å². The van der Waals surface area contributed by atoms with Gasteiger partial charge >= 0.3 is 6.03 Å². The predicted octanol–water partition coefficient (Wildman–Crippen LogP) is 2.81. The fraction of sp³-hybridized carbons (Fsp3) is 0.353. The minimum Gasteiger partial charge on any atom is -0.496 e. The summed E-state index contributed by atoms with van der Waals surface area (Å²) in [6, 6.07) is 3.58. The second-order valence-corrected chi connectivity index (χ2v) is 5.85. The summed E-state index contributed by atoms with van der Waals surface area (Å²) < 4.78 is 5.59. The first-order valence-corrected chi connectivity index (χ1v) is 7.59. The number of anilines is 1. The molecule has 23 heavy (non-hydrogen) atoms. The first-order chi connectivity index (χ1) is 11.0. The van der Waals surface area contributed by atoms with Gasteiger partial charge in [0.05, 0.1) is 19.0 Å². The number of ether oxygens (including phenoxy) is 1. The lowest BCUT2D eigenvalue weighted by Gasteiger charge is -2.27. The molecule has 3 amide bonds. The SMILES string of the molecule is COc1c(C(C)C)ccc2c(N3CCC(=O)NC3=O)cncc12. The molecule has 1 aromatic carbocycles. The number of aromatic nitrogens is 1. The number of amides is 3. The second-order valence-electron chi connectivity index (χ2n) is 5.85. The molecule has 0 unspecified atom stereocenters. The average molecular weight is 313 g/mol. The van der Waals surface area contributed by atoms with E-state index in [-0.39, 0.29) is 12.3 Å². The fourth-order valence-corrected chi connectivity index (χ4v) is 2.91. The molecule has 0 bridgehead atoms. The largest absolute Gasteiger partial charge is 0.496 e. The van der Waals surface area contributed by atoms with Crippen molar-refractivity contribution in [3.05, 3.63) is 30.1 Å². The van der Waals surface area contributed by atoms with Gasteiger partial charge in [0.2, 0.25) is 5.91 Å². The Bertz CT molecular complexity index is 786. The minimum atomic E-state index is -0.414. The fourth-order valence-electron chi connectivity index (χ4n) is 2.91. The zero-order chi connectivity index (χ0) is 16.6. The summed E-state index contributed by atoms with van der Waals surface area (Å²) in [5.74, 6) is 0.841. The third-order valence-electron chi connectivity index (χ3n) is 4.07. The smallest absolute Gasteiger partial charge is 0.328 e. The van der Waals surface area contributed by atoms with Gasteiger partial charge in [-0.25, -0.2) is 4.79 Å². The molecule has 1 fully saturated rings. The average Bonchev–Trinajstić information content (AvgIpc) is 2.53. The maximum Gasteiger partial charge on any atom is 0.328 e. The number of carbonyl (C=O) groups is 2. The molecule has 1 aromatic heterocycles. The normalized spacial score (nSPS) is 15.2. The highest BCUT2D eigenvalue weighted by Gasteiger charge is 2.26. The van der Waals surface area contributed by atoms with Gasteiger partial charge in [0, 0.05) is 29.9 Å². The Morgan fingerprint density at radius 2 is 2.00 bits per heavy atom. The summed E-state index contributed by atoms with van der Waals surface area (Å²) in [4.78, 5) is 29.3. The number of hydrogen-bond donors (Lipinski definition) is 1. The van der Waals surface area contributed by atoms with Crippen LogP contribution in [0.4, 0.5) is 10.5 Å². The molecule has 0 spiro atoms. The van der Waals surface area contributed by atoms with Crippen LogP contribution in [0.25, 0.3) is 10.8 Å². The number of carbonyl (C=O) groups excluding carboxylic acids is 2. The summed E-state index contributed by atoms with van der Waals surface area (Å²) in [7, 11) is 1.64. The highest BCUT2D eigenvalue weighted by molar-refractivity contribution is 6.10. The number of imide groups is 1. The molecule has 120 valence electrons. The van der Waals surface area contributed by atoms with Crippen LogP contribution in [0, 0.1) is 0 Å². The van der Waals surface area contributed by atoms with Crippen molar-refractivity contribution in [2.75, 3.05) is 18.6 Å². The van der Waals surface area contributed by atoms with Crippen LogP contribution in [0.5, 0.6) is 5.75 Å². The van der Waals surface area contributed by atoms with Gasteiger partial charge in [0.25, 0.3) is 0 Å². The molecule has 0 saturated carbocycles. The third-order valence-corrected chi connectivity index (χ3v) is 4.07. The molecule has 6 nitrogen and oxygen atoms in total. The summed E-state index contributed by atoms with van der Waals surface area (Å²) in [5, 5.41) is 4.08. The molecule has 0 radical (unpaired) electrons. The van der Waals surface area contributed by atoms with Gasteiger partial charge in [-0.1, -0.05) is 26.0 Å². The van der Waals surface area contributed by atoms with Crippen molar-refractivity contribution in [2.45, 2.75) is 26.2 Å². The van der Waals surface area contributed by atoms with Crippen molar-refractivity contribution in [1.29, 1.82) is 0 Å². The van der Waals surface area contributed by atoms with Crippen molar-refractivity contribution in [3.63, 3.8) is 0 Å². The van der Waals surface area contributed by atoms with Crippen molar-refractivity contribution >= 4 is 28.4 Å². The van der Waals surface area contributed by atoms with Crippen molar-refractivity contribution in [3.8, 4) is 5.75 Å². The minimum absolute atomic E-state index is 0.251. The van der Waals surface area contributed by atoms with Gasteiger partial charge in [-0.05, 0) is 11.5 Å². The topological polar surface area (TPSA) is 71.5 Å². The number of pyridine rings is 1. The predicted molar refractivity (Wildman–Crippen MR) is 87.9 cm³/mol. The molecule has 1 aliphatic rings. The number of rotatable bonds is 3. The quantitative estimate of drug-likeness (QED) is 0.946. The van der Waals surface area contributed by atoms with Crippen LogP contribution in [-0.2, 0) is 4.79 Å². The maximum absolute atomic E-state index is 12.1. The van der Waals surface area contributed by atoms with E-state index in [4.69, 9.17) is 4.74 Å². The Balaban J connectivity index is 2.16. The van der Waals surface area contributed by atoms with Gasteiger partial charge in [-0.15, -0.1) is 0 Å². The number of urea groups is 1. The van der Waals surface area contributed by atoms with Crippen LogP contribution in [0.15, 0.2) is 24.5 Å². The van der Waals surface area contributed by atoms with Crippen LogP contribution in [0.3, 0.4) is 0 Å². The first-order valence-electron chi connectivity index (χ1n) is 7.59. The monoisotopic (exact) mass is 313 g/mol. The van der Waals surface area contributed by atoms with Gasteiger partial charge in [-0.2, -0.15) is 0 Å². The zero-order valence-electron chi connectivity index (χ0n) is 13.4. The van der Waals surface area contributed by atoms with E-state index in [9.17, 15) is 9.59 Å². The molecular formula is C17H19N3O3. The molecule has 0 atom stereocenters. The molecule has 1 N–H and O–H groups in total. The lowest BCUT2D eigenvalue weighted by molar-refractivity contribution is -0.120.